The molecule has 1 aromatic rings. The minimum atomic E-state index is 0.321. The minimum Gasteiger partial charge on any atom is -0.377 e. The van der Waals surface area contributed by atoms with E-state index in [4.69, 9.17) is 4.74 Å². The molecule has 0 aliphatic heterocycles. The molecule has 0 aliphatic carbocycles. The first-order valence-corrected chi connectivity index (χ1v) is 7.99. The average Bonchev–Trinajstić information content (AvgIpc) is 2.83. The molecule has 0 saturated carbocycles. The third-order valence-corrected chi connectivity index (χ3v) is 4.44. The summed E-state index contributed by atoms with van der Waals surface area (Å²) in [6, 6.07) is 4.96. The second-order valence-electron chi connectivity index (χ2n) is 4.49. The first kappa shape index (κ1) is 15.7. The van der Waals surface area contributed by atoms with Gasteiger partial charge in [0.15, 0.2) is 0 Å². The normalized spacial score (nSPS) is 14.7. The van der Waals surface area contributed by atoms with Gasteiger partial charge in [0.2, 0.25) is 0 Å². The van der Waals surface area contributed by atoms with Gasteiger partial charge in [-0.2, -0.15) is 0 Å². The molecule has 2 atom stereocenters. The third-order valence-electron chi connectivity index (χ3n) is 3.19. The van der Waals surface area contributed by atoms with Gasteiger partial charge in [-0.3, -0.25) is 0 Å². The van der Waals surface area contributed by atoms with Crippen molar-refractivity contribution in [3.8, 4) is 0 Å². The Bertz CT molecular complexity index is 324. The van der Waals surface area contributed by atoms with Crippen LogP contribution in [0.1, 0.15) is 43.9 Å². The van der Waals surface area contributed by atoms with Gasteiger partial charge in [0.1, 0.15) is 0 Å². The summed E-state index contributed by atoms with van der Waals surface area (Å²) in [6.45, 7) is 10.5. The molecule has 3 heteroatoms. The predicted octanol–water partition coefficient (Wildman–Crippen LogP) is 3.65. The molecule has 1 heterocycles. The molecule has 0 saturated heterocycles. The standard InChI is InChI=1S/C15H27NOS/c1-5-12-9-10-13(18-12)11-14(16-7-3)15(6-2)17-8-4/h9-10,14-16H,5-8,11H2,1-4H3. The van der Waals surface area contributed by atoms with E-state index < -0.39 is 0 Å². The zero-order valence-electron chi connectivity index (χ0n) is 12.2. The van der Waals surface area contributed by atoms with Crippen molar-refractivity contribution in [3.05, 3.63) is 21.9 Å². The Hall–Kier alpha value is -0.380. The Morgan fingerprint density at radius 3 is 2.39 bits per heavy atom. The van der Waals surface area contributed by atoms with Crippen LogP contribution in [0, 0.1) is 0 Å². The van der Waals surface area contributed by atoms with Crippen LogP contribution in [0.4, 0.5) is 0 Å². The van der Waals surface area contributed by atoms with Gasteiger partial charge in [0, 0.05) is 22.4 Å². The maximum Gasteiger partial charge on any atom is 0.0728 e. The van der Waals surface area contributed by atoms with Gasteiger partial charge < -0.3 is 10.1 Å². The van der Waals surface area contributed by atoms with Crippen LogP contribution in [-0.2, 0) is 17.6 Å². The fourth-order valence-corrected chi connectivity index (χ4v) is 3.28. The summed E-state index contributed by atoms with van der Waals surface area (Å²) in [5, 5.41) is 3.58. The first-order valence-electron chi connectivity index (χ1n) is 7.17. The Morgan fingerprint density at radius 1 is 1.17 bits per heavy atom. The number of rotatable bonds is 9. The number of hydrogen-bond donors (Lipinski definition) is 1. The van der Waals surface area contributed by atoms with E-state index in [0.717, 1.165) is 32.4 Å². The largest absolute Gasteiger partial charge is 0.377 e. The summed E-state index contributed by atoms with van der Waals surface area (Å²) in [6.07, 6.45) is 3.61. The van der Waals surface area contributed by atoms with Crippen LogP contribution in [0.3, 0.4) is 0 Å². The molecule has 0 spiro atoms. The topological polar surface area (TPSA) is 21.3 Å². The highest BCUT2D eigenvalue weighted by atomic mass is 32.1. The number of hydrogen-bond acceptors (Lipinski definition) is 3. The van der Waals surface area contributed by atoms with E-state index in [-0.39, 0.29) is 0 Å². The zero-order valence-corrected chi connectivity index (χ0v) is 13.0. The Morgan fingerprint density at radius 2 is 1.89 bits per heavy atom. The van der Waals surface area contributed by atoms with Gasteiger partial charge in [0.25, 0.3) is 0 Å². The molecule has 0 aromatic carbocycles. The summed E-state index contributed by atoms with van der Waals surface area (Å²) in [4.78, 5) is 2.95. The smallest absolute Gasteiger partial charge is 0.0728 e. The highest BCUT2D eigenvalue weighted by molar-refractivity contribution is 7.11. The molecule has 2 nitrogen and oxygen atoms in total. The molecule has 0 radical (unpaired) electrons. The van der Waals surface area contributed by atoms with Crippen LogP contribution < -0.4 is 5.32 Å². The molecule has 1 rings (SSSR count). The van der Waals surface area contributed by atoms with Crippen LogP contribution in [0.5, 0.6) is 0 Å². The summed E-state index contributed by atoms with van der Waals surface area (Å²) in [5.74, 6) is 0. The lowest BCUT2D eigenvalue weighted by molar-refractivity contribution is 0.0325. The van der Waals surface area contributed by atoms with Crippen LogP contribution in [0.25, 0.3) is 0 Å². The van der Waals surface area contributed by atoms with Gasteiger partial charge in [-0.25, -0.2) is 0 Å². The number of thiophene rings is 1. The van der Waals surface area contributed by atoms with Crippen molar-refractivity contribution in [2.45, 2.75) is 59.1 Å². The highest BCUT2D eigenvalue weighted by Gasteiger charge is 2.20. The predicted molar refractivity (Wildman–Crippen MR) is 80.6 cm³/mol. The van der Waals surface area contributed by atoms with Crippen molar-refractivity contribution in [1.82, 2.24) is 5.32 Å². The molecule has 0 fully saturated rings. The van der Waals surface area contributed by atoms with Crippen molar-refractivity contribution in [2.24, 2.45) is 0 Å². The molecular formula is C15H27NOS. The van der Waals surface area contributed by atoms with E-state index in [2.05, 4.69) is 45.1 Å². The number of ether oxygens (including phenoxy) is 1. The number of aryl methyl sites for hydroxylation is 1. The molecule has 0 aliphatic rings. The third kappa shape index (κ3) is 4.71. The molecule has 0 bridgehead atoms. The lowest BCUT2D eigenvalue weighted by Crippen LogP contribution is -2.42. The fraction of sp³-hybridized carbons (Fsp3) is 0.733. The Kier molecular flexibility index (Phi) is 7.56. The van der Waals surface area contributed by atoms with Crippen LogP contribution in [0.15, 0.2) is 12.1 Å². The monoisotopic (exact) mass is 269 g/mol. The van der Waals surface area contributed by atoms with Gasteiger partial charge >= 0.3 is 0 Å². The lowest BCUT2D eigenvalue weighted by Gasteiger charge is -2.26. The van der Waals surface area contributed by atoms with Gasteiger partial charge in [-0.05, 0) is 44.9 Å². The van der Waals surface area contributed by atoms with Crippen LogP contribution >= 0.6 is 11.3 Å². The molecule has 18 heavy (non-hydrogen) atoms. The van der Waals surface area contributed by atoms with Crippen LogP contribution in [0.2, 0.25) is 0 Å². The van der Waals surface area contributed by atoms with Crippen LogP contribution in [-0.4, -0.2) is 25.3 Å². The van der Waals surface area contributed by atoms with E-state index in [1.54, 1.807) is 0 Å². The Labute approximate surface area is 116 Å². The van der Waals surface area contributed by atoms with Gasteiger partial charge in [-0.1, -0.05) is 20.8 Å². The molecule has 1 aromatic heterocycles. The van der Waals surface area contributed by atoms with Crippen molar-refractivity contribution in [2.75, 3.05) is 13.2 Å². The first-order chi connectivity index (χ1) is 8.74. The molecule has 104 valence electrons. The maximum atomic E-state index is 5.85. The van der Waals surface area contributed by atoms with Crippen molar-refractivity contribution < 1.29 is 4.74 Å². The molecular weight excluding hydrogens is 242 g/mol. The molecule has 0 amide bonds. The quantitative estimate of drug-likeness (QED) is 0.739. The lowest BCUT2D eigenvalue weighted by atomic mass is 10.0. The second-order valence-corrected chi connectivity index (χ2v) is 5.74. The Balaban J connectivity index is 2.65. The molecule has 2 unspecified atom stereocenters. The molecule has 1 N–H and O–H groups in total. The number of nitrogens with one attached hydrogen (secondary N) is 1. The van der Waals surface area contributed by atoms with Crippen molar-refractivity contribution >= 4 is 11.3 Å². The summed E-state index contributed by atoms with van der Waals surface area (Å²) in [5.41, 5.74) is 0. The summed E-state index contributed by atoms with van der Waals surface area (Å²) >= 11 is 1.94. The van der Waals surface area contributed by atoms with E-state index in [1.807, 2.05) is 11.3 Å². The SMILES string of the molecule is CCNC(Cc1ccc(CC)s1)C(CC)OCC. The van der Waals surface area contributed by atoms with E-state index in [9.17, 15) is 0 Å². The summed E-state index contributed by atoms with van der Waals surface area (Å²) in [7, 11) is 0. The maximum absolute atomic E-state index is 5.85. The van der Waals surface area contributed by atoms with Gasteiger partial charge in [0.05, 0.1) is 6.10 Å². The zero-order chi connectivity index (χ0) is 13.4. The van der Waals surface area contributed by atoms with Gasteiger partial charge in [-0.15, -0.1) is 11.3 Å². The van der Waals surface area contributed by atoms with E-state index >= 15 is 0 Å². The highest BCUT2D eigenvalue weighted by Crippen LogP contribution is 2.20. The number of likely N-dealkylation sites (N-methyl/N-ethyl adjacent to an activating group) is 1. The summed E-state index contributed by atoms with van der Waals surface area (Å²) < 4.78 is 5.85. The average molecular weight is 269 g/mol. The van der Waals surface area contributed by atoms with E-state index in [0.29, 0.717) is 12.1 Å². The second kappa shape index (κ2) is 8.68. The van der Waals surface area contributed by atoms with Crippen molar-refractivity contribution in [3.63, 3.8) is 0 Å². The van der Waals surface area contributed by atoms with E-state index in [1.165, 1.54) is 9.75 Å². The van der Waals surface area contributed by atoms with Crippen molar-refractivity contribution in [1.29, 1.82) is 0 Å². The minimum absolute atomic E-state index is 0.321. The fourth-order valence-electron chi connectivity index (χ4n) is 2.27.